The molecule has 0 saturated carbocycles. The zero-order valence-corrected chi connectivity index (χ0v) is 11.9. The summed E-state index contributed by atoms with van der Waals surface area (Å²) in [5.41, 5.74) is 1.14. The number of benzene rings is 1. The van der Waals surface area contributed by atoms with Crippen molar-refractivity contribution in [2.45, 2.75) is 12.8 Å². The molecule has 0 radical (unpaired) electrons. The highest BCUT2D eigenvalue weighted by Crippen LogP contribution is 2.36. The molecule has 0 bridgehead atoms. The molecule has 1 aromatic rings. The zero-order valence-electron chi connectivity index (χ0n) is 10.3. The Morgan fingerprint density at radius 3 is 2.72 bits per heavy atom. The van der Waals surface area contributed by atoms with E-state index in [4.69, 9.17) is 0 Å². The van der Waals surface area contributed by atoms with Gasteiger partial charge in [0, 0.05) is 35.1 Å². The SMILES string of the molecule is O=C(c1ccc(Br)cc1)N1CCC2(CCNC2)C1. The number of rotatable bonds is 1. The van der Waals surface area contributed by atoms with E-state index in [9.17, 15) is 4.79 Å². The predicted octanol–water partition coefficient (Wildman–Crippen LogP) is 2.27. The van der Waals surface area contributed by atoms with E-state index in [1.54, 1.807) is 0 Å². The molecule has 2 fully saturated rings. The number of nitrogens with one attached hydrogen (secondary N) is 1. The zero-order chi connectivity index (χ0) is 12.6. The minimum Gasteiger partial charge on any atom is -0.338 e. The first kappa shape index (κ1) is 12.2. The smallest absolute Gasteiger partial charge is 0.253 e. The molecule has 3 rings (SSSR count). The Morgan fingerprint density at radius 2 is 2.06 bits per heavy atom. The quantitative estimate of drug-likeness (QED) is 0.863. The molecule has 2 aliphatic rings. The summed E-state index contributed by atoms with van der Waals surface area (Å²) in [6, 6.07) is 7.64. The van der Waals surface area contributed by atoms with Gasteiger partial charge in [0.15, 0.2) is 0 Å². The van der Waals surface area contributed by atoms with Gasteiger partial charge < -0.3 is 10.2 Å². The third-order valence-corrected chi connectivity index (χ3v) is 4.68. The number of amides is 1. The fraction of sp³-hybridized carbons (Fsp3) is 0.500. The summed E-state index contributed by atoms with van der Waals surface area (Å²) in [7, 11) is 0. The number of carbonyl (C=O) groups is 1. The van der Waals surface area contributed by atoms with Gasteiger partial charge >= 0.3 is 0 Å². The lowest BCUT2D eigenvalue weighted by Crippen LogP contribution is -2.33. The Morgan fingerprint density at radius 1 is 1.28 bits per heavy atom. The van der Waals surface area contributed by atoms with Crippen LogP contribution in [0.3, 0.4) is 0 Å². The lowest BCUT2D eigenvalue weighted by Gasteiger charge is -2.22. The second-order valence-electron chi connectivity index (χ2n) is 5.41. The van der Waals surface area contributed by atoms with E-state index < -0.39 is 0 Å². The molecule has 1 unspecified atom stereocenters. The van der Waals surface area contributed by atoms with Gasteiger partial charge in [-0.25, -0.2) is 0 Å². The van der Waals surface area contributed by atoms with Gasteiger partial charge in [0.25, 0.3) is 5.91 Å². The van der Waals surface area contributed by atoms with E-state index in [1.807, 2.05) is 29.2 Å². The number of halogens is 1. The van der Waals surface area contributed by atoms with Gasteiger partial charge in [-0.3, -0.25) is 4.79 Å². The number of likely N-dealkylation sites (tertiary alicyclic amines) is 1. The van der Waals surface area contributed by atoms with Crippen LogP contribution in [-0.2, 0) is 0 Å². The summed E-state index contributed by atoms with van der Waals surface area (Å²) in [6.07, 6.45) is 2.35. The molecule has 18 heavy (non-hydrogen) atoms. The average molecular weight is 309 g/mol. The Balaban J connectivity index is 1.72. The monoisotopic (exact) mass is 308 g/mol. The van der Waals surface area contributed by atoms with Gasteiger partial charge in [-0.1, -0.05) is 15.9 Å². The Kier molecular flexibility index (Phi) is 3.16. The van der Waals surface area contributed by atoms with Gasteiger partial charge in [0.2, 0.25) is 0 Å². The minimum absolute atomic E-state index is 0.172. The van der Waals surface area contributed by atoms with Crippen molar-refractivity contribution in [2.24, 2.45) is 5.41 Å². The van der Waals surface area contributed by atoms with Crippen molar-refractivity contribution in [3.8, 4) is 0 Å². The van der Waals surface area contributed by atoms with Crippen LogP contribution in [0.25, 0.3) is 0 Å². The first-order chi connectivity index (χ1) is 8.69. The first-order valence-corrected chi connectivity index (χ1v) is 7.23. The van der Waals surface area contributed by atoms with Crippen molar-refractivity contribution >= 4 is 21.8 Å². The van der Waals surface area contributed by atoms with Crippen LogP contribution in [0.15, 0.2) is 28.7 Å². The van der Waals surface area contributed by atoms with Crippen molar-refractivity contribution in [1.29, 1.82) is 0 Å². The molecular formula is C14H17BrN2O. The van der Waals surface area contributed by atoms with Crippen LogP contribution in [0.4, 0.5) is 0 Å². The lowest BCUT2D eigenvalue weighted by atomic mass is 9.86. The van der Waals surface area contributed by atoms with E-state index >= 15 is 0 Å². The standard InChI is InChI=1S/C14H17BrN2O/c15-12-3-1-11(2-4-12)13(18)17-8-6-14(10-17)5-7-16-9-14/h1-4,16H,5-10H2. The second-order valence-corrected chi connectivity index (χ2v) is 6.33. The average Bonchev–Trinajstić information content (AvgIpc) is 3.01. The highest BCUT2D eigenvalue weighted by molar-refractivity contribution is 9.10. The Labute approximate surface area is 116 Å². The predicted molar refractivity (Wildman–Crippen MR) is 74.6 cm³/mol. The summed E-state index contributed by atoms with van der Waals surface area (Å²) in [5.74, 6) is 0.172. The molecule has 3 nitrogen and oxygen atoms in total. The van der Waals surface area contributed by atoms with Crippen molar-refractivity contribution in [3.05, 3.63) is 34.3 Å². The van der Waals surface area contributed by atoms with Crippen LogP contribution < -0.4 is 5.32 Å². The minimum atomic E-state index is 0.172. The summed E-state index contributed by atoms with van der Waals surface area (Å²) in [6.45, 7) is 3.98. The van der Waals surface area contributed by atoms with Crippen molar-refractivity contribution in [1.82, 2.24) is 10.2 Å². The molecule has 96 valence electrons. The molecule has 2 saturated heterocycles. The first-order valence-electron chi connectivity index (χ1n) is 6.44. The highest BCUT2D eigenvalue weighted by Gasteiger charge is 2.41. The maximum atomic E-state index is 12.4. The third-order valence-electron chi connectivity index (χ3n) is 4.15. The maximum absolute atomic E-state index is 12.4. The molecule has 0 aromatic heterocycles. The third kappa shape index (κ3) is 2.19. The Hall–Kier alpha value is -0.870. The van der Waals surface area contributed by atoms with Crippen molar-refractivity contribution < 1.29 is 4.79 Å². The van der Waals surface area contributed by atoms with E-state index in [0.29, 0.717) is 5.41 Å². The number of hydrogen-bond donors (Lipinski definition) is 1. The molecule has 2 heterocycles. The molecular weight excluding hydrogens is 292 g/mol. The van der Waals surface area contributed by atoms with E-state index in [0.717, 1.165) is 42.6 Å². The largest absolute Gasteiger partial charge is 0.338 e. The summed E-state index contributed by atoms with van der Waals surface area (Å²) >= 11 is 3.39. The maximum Gasteiger partial charge on any atom is 0.253 e. The van der Waals surface area contributed by atoms with Crippen LogP contribution >= 0.6 is 15.9 Å². The molecule has 1 aromatic carbocycles. The summed E-state index contributed by atoms with van der Waals surface area (Å²) < 4.78 is 1.01. The van der Waals surface area contributed by atoms with Crippen LogP contribution in [0.1, 0.15) is 23.2 Å². The van der Waals surface area contributed by atoms with E-state index in [-0.39, 0.29) is 5.91 Å². The van der Waals surface area contributed by atoms with Gasteiger partial charge in [0.1, 0.15) is 0 Å². The Bertz CT molecular complexity index is 451. The fourth-order valence-electron chi connectivity index (χ4n) is 3.03. The van der Waals surface area contributed by atoms with Crippen molar-refractivity contribution in [2.75, 3.05) is 26.2 Å². The van der Waals surface area contributed by atoms with Gasteiger partial charge in [-0.2, -0.15) is 0 Å². The van der Waals surface area contributed by atoms with Gasteiger partial charge in [-0.15, -0.1) is 0 Å². The fourth-order valence-corrected chi connectivity index (χ4v) is 3.29. The van der Waals surface area contributed by atoms with Crippen LogP contribution in [0, 0.1) is 5.41 Å². The van der Waals surface area contributed by atoms with Crippen LogP contribution in [-0.4, -0.2) is 37.0 Å². The van der Waals surface area contributed by atoms with E-state index in [1.165, 1.54) is 6.42 Å². The molecule has 1 amide bonds. The second kappa shape index (κ2) is 4.67. The topological polar surface area (TPSA) is 32.3 Å². The number of nitrogens with zero attached hydrogens (tertiary/aromatic N) is 1. The molecule has 1 atom stereocenters. The molecule has 2 aliphatic heterocycles. The lowest BCUT2D eigenvalue weighted by molar-refractivity contribution is 0.0775. The van der Waals surface area contributed by atoms with Crippen molar-refractivity contribution in [3.63, 3.8) is 0 Å². The summed E-state index contributed by atoms with van der Waals surface area (Å²) in [4.78, 5) is 14.4. The van der Waals surface area contributed by atoms with Gasteiger partial charge in [-0.05, 0) is 43.7 Å². The van der Waals surface area contributed by atoms with Crippen LogP contribution in [0.2, 0.25) is 0 Å². The molecule has 4 heteroatoms. The molecule has 1 spiro atoms. The van der Waals surface area contributed by atoms with Gasteiger partial charge in [0.05, 0.1) is 0 Å². The number of hydrogen-bond acceptors (Lipinski definition) is 2. The molecule has 0 aliphatic carbocycles. The summed E-state index contributed by atoms with van der Waals surface area (Å²) in [5, 5.41) is 3.42. The normalized spacial score (nSPS) is 27.1. The van der Waals surface area contributed by atoms with E-state index in [2.05, 4.69) is 21.2 Å². The highest BCUT2D eigenvalue weighted by atomic mass is 79.9. The molecule has 1 N–H and O–H groups in total. The van der Waals surface area contributed by atoms with Crippen LogP contribution in [0.5, 0.6) is 0 Å². The number of carbonyl (C=O) groups excluding carboxylic acids is 1.